The summed E-state index contributed by atoms with van der Waals surface area (Å²) in [5.41, 5.74) is -0.0426. The molecule has 37 heavy (non-hydrogen) atoms. The van der Waals surface area contributed by atoms with Crippen molar-refractivity contribution in [1.82, 2.24) is 15.3 Å². The second-order valence-electron chi connectivity index (χ2n) is 10.5. The zero-order chi connectivity index (χ0) is 27.5. The van der Waals surface area contributed by atoms with E-state index >= 15 is 0 Å². The number of aromatic nitrogens is 2. The number of rotatable bonds is 7. The third-order valence-electron chi connectivity index (χ3n) is 4.96. The SMILES string of the molecule is Cc1c(CC(CO)NC(=O)OC(C)(C)C)sc2c(N(Cc3ccco3)C(=O)OC(C)(C)C)nc(Cl)nc12. The van der Waals surface area contributed by atoms with Crippen LogP contribution in [0, 0.1) is 6.92 Å². The van der Waals surface area contributed by atoms with Gasteiger partial charge >= 0.3 is 12.2 Å². The highest BCUT2D eigenvalue weighted by molar-refractivity contribution is 7.19. The molecule has 0 aliphatic carbocycles. The van der Waals surface area contributed by atoms with E-state index in [4.69, 9.17) is 25.5 Å². The van der Waals surface area contributed by atoms with E-state index in [1.165, 1.54) is 22.5 Å². The summed E-state index contributed by atoms with van der Waals surface area (Å²) in [6.07, 6.45) is 0.589. The number of anilines is 1. The Kier molecular flexibility index (Phi) is 8.71. The summed E-state index contributed by atoms with van der Waals surface area (Å²) in [5.74, 6) is 0.810. The highest BCUT2D eigenvalue weighted by Gasteiger charge is 2.30. The van der Waals surface area contributed by atoms with Crippen molar-refractivity contribution in [3.05, 3.63) is 39.9 Å². The number of carbonyl (C=O) groups excluding carboxylic acids is 2. The molecule has 3 aromatic heterocycles. The minimum absolute atomic E-state index is 0.0338. The maximum Gasteiger partial charge on any atom is 0.416 e. The molecule has 1 unspecified atom stereocenters. The molecular weight excluding hydrogens is 520 g/mol. The smallest absolute Gasteiger partial charge is 0.416 e. The number of aliphatic hydroxyl groups excluding tert-OH is 1. The van der Waals surface area contributed by atoms with E-state index in [0.717, 1.165) is 10.4 Å². The number of carbonyl (C=O) groups is 2. The molecule has 3 rings (SSSR count). The van der Waals surface area contributed by atoms with Crippen molar-refractivity contribution < 1.29 is 28.6 Å². The molecule has 2 amide bonds. The molecule has 1 atom stereocenters. The van der Waals surface area contributed by atoms with Crippen molar-refractivity contribution in [2.75, 3.05) is 11.5 Å². The van der Waals surface area contributed by atoms with E-state index in [-0.39, 0.29) is 24.3 Å². The van der Waals surface area contributed by atoms with Crippen molar-refractivity contribution in [2.24, 2.45) is 0 Å². The molecular formula is C25H33ClN4O6S. The van der Waals surface area contributed by atoms with Crippen LogP contribution in [0.1, 0.15) is 57.7 Å². The highest BCUT2D eigenvalue weighted by atomic mass is 35.5. The molecule has 0 aliphatic rings. The third-order valence-corrected chi connectivity index (χ3v) is 6.42. The Morgan fingerprint density at radius 2 is 1.86 bits per heavy atom. The molecule has 2 N–H and O–H groups in total. The fourth-order valence-corrected chi connectivity index (χ4v) is 4.92. The summed E-state index contributed by atoms with van der Waals surface area (Å²) in [5, 5.41) is 12.6. The van der Waals surface area contributed by atoms with E-state index in [9.17, 15) is 14.7 Å². The number of nitrogens with zero attached hydrogens (tertiary/aromatic N) is 3. The van der Waals surface area contributed by atoms with Crippen LogP contribution in [0.15, 0.2) is 22.8 Å². The van der Waals surface area contributed by atoms with E-state index in [1.807, 2.05) is 6.92 Å². The molecule has 12 heteroatoms. The number of halogens is 1. The van der Waals surface area contributed by atoms with Crippen molar-refractivity contribution >= 4 is 51.2 Å². The zero-order valence-corrected chi connectivity index (χ0v) is 23.6. The van der Waals surface area contributed by atoms with Gasteiger partial charge in [-0.25, -0.2) is 14.6 Å². The first-order valence-electron chi connectivity index (χ1n) is 11.8. The van der Waals surface area contributed by atoms with Crippen LogP contribution in [-0.2, 0) is 22.4 Å². The maximum absolute atomic E-state index is 13.3. The van der Waals surface area contributed by atoms with Gasteiger partial charge in [-0.05, 0) is 77.8 Å². The van der Waals surface area contributed by atoms with Crippen LogP contribution in [0.4, 0.5) is 15.4 Å². The van der Waals surface area contributed by atoms with Gasteiger partial charge in [0.2, 0.25) is 5.28 Å². The van der Waals surface area contributed by atoms with Crippen LogP contribution in [0.2, 0.25) is 5.28 Å². The standard InChI is InChI=1S/C25H33ClN4O6S/c1-14-17(11-15(13-31)27-22(32)35-24(2,3)4)37-19-18(14)28-21(26)29-20(19)30(12-16-9-8-10-34-16)23(33)36-25(5,6)7/h8-10,15,31H,11-13H2,1-7H3,(H,27,32). The van der Waals surface area contributed by atoms with Gasteiger partial charge in [-0.15, -0.1) is 11.3 Å². The number of amides is 2. The largest absolute Gasteiger partial charge is 0.467 e. The minimum Gasteiger partial charge on any atom is -0.467 e. The lowest BCUT2D eigenvalue weighted by Gasteiger charge is -2.26. The molecule has 202 valence electrons. The van der Waals surface area contributed by atoms with Gasteiger partial charge < -0.3 is 24.3 Å². The number of nitrogens with one attached hydrogen (secondary N) is 1. The summed E-state index contributed by atoms with van der Waals surface area (Å²) < 4.78 is 17.0. The van der Waals surface area contributed by atoms with E-state index in [2.05, 4.69) is 15.3 Å². The van der Waals surface area contributed by atoms with Gasteiger partial charge in [0.25, 0.3) is 0 Å². The highest BCUT2D eigenvalue weighted by Crippen LogP contribution is 2.38. The number of furan rings is 1. The number of fused-ring (bicyclic) bond motifs is 1. The lowest BCUT2D eigenvalue weighted by Crippen LogP contribution is -2.42. The molecule has 3 heterocycles. The monoisotopic (exact) mass is 552 g/mol. The predicted molar refractivity (Wildman–Crippen MR) is 142 cm³/mol. The molecule has 3 aromatic rings. The van der Waals surface area contributed by atoms with Gasteiger partial charge in [0.1, 0.15) is 17.0 Å². The van der Waals surface area contributed by atoms with Gasteiger partial charge in [0, 0.05) is 11.3 Å². The molecule has 0 saturated carbocycles. The normalized spacial score (nSPS) is 12.9. The van der Waals surface area contributed by atoms with Crippen LogP contribution in [0.5, 0.6) is 0 Å². The zero-order valence-electron chi connectivity index (χ0n) is 22.0. The van der Waals surface area contributed by atoms with Crippen LogP contribution in [-0.4, -0.2) is 51.1 Å². The fourth-order valence-electron chi connectivity index (χ4n) is 3.43. The molecule has 0 fully saturated rings. The van der Waals surface area contributed by atoms with E-state index in [0.29, 0.717) is 22.4 Å². The number of ether oxygens (including phenoxy) is 2. The van der Waals surface area contributed by atoms with Crippen LogP contribution in [0.3, 0.4) is 0 Å². The fraction of sp³-hybridized carbons (Fsp3) is 0.520. The van der Waals surface area contributed by atoms with Crippen molar-refractivity contribution in [3.63, 3.8) is 0 Å². The third kappa shape index (κ3) is 7.80. The number of aryl methyl sites for hydroxylation is 1. The second-order valence-corrected chi connectivity index (χ2v) is 12.0. The lowest BCUT2D eigenvalue weighted by atomic mass is 10.1. The Morgan fingerprint density at radius 3 is 2.43 bits per heavy atom. The Hall–Kier alpha value is -2.89. The average molecular weight is 553 g/mol. The van der Waals surface area contributed by atoms with Crippen LogP contribution < -0.4 is 10.2 Å². The molecule has 0 aliphatic heterocycles. The predicted octanol–water partition coefficient (Wildman–Crippen LogP) is 5.62. The van der Waals surface area contributed by atoms with Crippen molar-refractivity contribution in [2.45, 2.75) is 78.7 Å². The topological polar surface area (TPSA) is 127 Å². The summed E-state index contributed by atoms with van der Waals surface area (Å²) in [7, 11) is 0. The number of alkyl carbamates (subject to hydrolysis) is 1. The molecule has 0 radical (unpaired) electrons. The molecule has 0 bridgehead atoms. The molecule has 0 spiro atoms. The first kappa shape index (κ1) is 28.7. The Balaban J connectivity index is 2.00. The van der Waals surface area contributed by atoms with Gasteiger partial charge in [0.15, 0.2) is 5.82 Å². The van der Waals surface area contributed by atoms with E-state index < -0.39 is 29.4 Å². The van der Waals surface area contributed by atoms with Crippen molar-refractivity contribution in [1.29, 1.82) is 0 Å². The average Bonchev–Trinajstić information content (AvgIpc) is 3.37. The summed E-state index contributed by atoms with van der Waals surface area (Å²) in [6, 6.07) is 2.88. The molecule has 10 nitrogen and oxygen atoms in total. The summed E-state index contributed by atoms with van der Waals surface area (Å²) in [6.45, 7) is 12.3. The number of hydrogen-bond acceptors (Lipinski definition) is 9. The maximum atomic E-state index is 13.3. The molecule has 0 aromatic carbocycles. The van der Waals surface area contributed by atoms with Crippen LogP contribution in [0.25, 0.3) is 10.2 Å². The summed E-state index contributed by atoms with van der Waals surface area (Å²) in [4.78, 5) is 36.5. The first-order valence-corrected chi connectivity index (χ1v) is 12.9. The molecule has 0 saturated heterocycles. The van der Waals surface area contributed by atoms with Crippen molar-refractivity contribution in [3.8, 4) is 0 Å². The second kappa shape index (κ2) is 11.2. The number of hydrogen-bond donors (Lipinski definition) is 2. The minimum atomic E-state index is -0.743. The number of aliphatic hydroxyl groups is 1. The lowest BCUT2D eigenvalue weighted by molar-refractivity contribution is 0.0482. The number of thiophene rings is 1. The van der Waals surface area contributed by atoms with Gasteiger partial charge in [0.05, 0.1) is 35.7 Å². The van der Waals surface area contributed by atoms with Gasteiger partial charge in [-0.1, -0.05) is 0 Å². The van der Waals surface area contributed by atoms with Gasteiger partial charge in [-0.3, -0.25) is 4.90 Å². The van der Waals surface area contributed by atoms with E-state index in [1.54, 1.807) is 53.7 Å². The van der Waals surface area contributed by atoms with Gasteiger partial charge in [-0.2, -0.15) is 4.98 Å². The summed E-state index contributed by atoms with van der Waals surface area (Å²) >= 11 is 7.65. The Morgan fingerprint density at radius 1 is 1.19 bits per heavy atom. The van der Waals surface area contributed by atoms with Crippen LogP contribution >= 0.6 is 22.9 Å². The quantitative estimate of drug-likeness (QED) is 0.362. The Bertz CT molecular complexity index is 1250. The first-order chi connectivity index (χ1) is 17.2. The Labute approximate surface area is 224 Å².